The lowest BCUT2D eigenvalue weighted by Crippen LogP contribution is -2.50. The van der Waals surface area contributed by atoms with Crippen molar-refractivity contribution in [2.45, 2.75) is 37.7 Å². The zero-order chi connectivity index (χ0) is 20.3. The summed E-state index contributed by atoms with van der Waals surface area (Å²) in [7, 11) is 0. The van der Waals surface area contributed by atoms with E-state index < -0.39 is 11.4 Å². The maximum atomic E-state index is 13.8. The van der Waals surface area contributed by atoms with Gasteiger partial charge in [0.25, 0.3) is 5.91 Å². The highest BCUT2D eigenvalue weighted by molar-refractivity contribution is 7.99. The van der Waals surface area contributed by atoms with Crippen LogP contribution in [0.15, 0.2) is 48.5 Å². The minimum Gasteiger partial charge on any atom is -0.352 e. The maximum absolute atomic E-state index is 13.8. The van der Waals surface area contributed by atoms with Crippen molar-refractivity contribution in [1.29, 1.82) is 0 Å². The predicted octanol–water partition coefficient (Wildman–Crippen LogP) is 4.65. The molecule has 2 aromatic carbocycles. The average molecular weight is 421 g/mol. The van der Waals surface area contributed by atoms with Gasteiger partial charge in [0.05, 0.1) is 10.6 Å². The highest BCUT2D eigenvalue weighted by Gasteiger charge is 2.43. The van der Waals surface area contributed by atoms with Gasteiger partial charge in [0.15, 0.2) is 0 Å². The molecule has 2 amide bonds. The number of nitrogens with one attached hydrogen (secondary N) is 1. The second-order valence-electron chi connectivity index (χ2n) is 6.77. The van der Waals surface area contributed by atoms with Crippen LogP contribution in [0.5, 0.6) is 0 Å². The van der Waals surface area contributed by atoms with Gasteiger partial charge in [-0.1, -0.05) is 42.8 Å². The fraction of sp³-hybridized carbons (Fsp3) is 0.333. The van der Waals surface area contributed by atoms with Crippen molar-refractivity contribution in [3.05, 3.63) is 70.5 Å². The Bertz CT molecular complexity index is 879. The molecule has 2 aromatic rings. The molecule has 1 fully saturated rings. The maximum Gasteiger partial charge on any atom is 0.257 e. The molecule has 7 heteroatoms. The molecule has 0 spiro atoms. The summed E-state index contributed by atoms with van der Waals surface area (Å²) >= 11 is 7.68. The monoisotopic (exact) mass is 420 g/mol. The van der Waals surface area contributed by atoms with E-state index >= 15 is 0 Å². The largest absolute Gasteiger partial charge is 0.352 e. The molecular formula is C21H22ClFN2O2S. The molecule has 0 aliphatic carbocycles. The van der Waals surface area contributed by atoms with Crippen molar-refractivity contribution in [3.63, 3.8) is 0 Å². The van der Waals surface area contributed by atoms with Gasteiger partial charge in [-0.25, -0.2) is 4.39 Å². The van der Waals surface area contributed by atoms with Gasteiger partial charge in [0.1, 0.15) is 17.2 Å². The summed E-state index contributed by atoms with van der Waals surface area (Å²) in [5.41, 5.74) is 0.971. The van der Waals surface area contributed by atoms with E-state index in [4.69, 9.17) is 11.6 Å². The Kier molecular flexibility index (Phi) is 6.62. The molecule has 1 saturated heterocycles. The number of halogens is 2. The molecule has 28 heavy (non-hydrogen) atoms. The van der Waals surface area contributed by atoms with Crippen LogP contribution in [0.3, 0.4) is 0 Å². The Morgan fingerprint density at radius 3 is 2.71 bits per heavy atom. The fourth-order valence-corrected chi connectivity index (χ4v) is 4.72. The molecule has 1 N–H and O–H groups in total. The zero-order valence-corrected chi connectivity index (χ0v) is 17.3. The molecule has 0 aromatic heterocycles. The highest BCUT2D eigenvalue weighted by atomic mass is 35.5. The quantitative estimate of drug-likeness (QED) is 0.765. The first-order valence-electron chi connectivity index (χ1n) is 9.17. The second-order valence-corrected chi connectivity index (χ2v) is 8.29. The average Bonchev–Trinajstić information content (AvgIpc) is 3.13. The zero-order valence-electron chi connectivity index (χ0n) is 15.7. The van der Waals surface area contributed by atoms with E-state index in [1.807, 2.05) is 13.8 Å². The third-order valence-corrected chi connectivity index (χ3v) is 6.43. The minimum absolute atomic E-state index is 0.00276. The molecular weight excluding hydrogens is 399 g/mol. The molecule has 0 unspecified atom stereocenters. The Hall–Kier alpha value is -2.05. The van der Waals surface area contributed by atoms with Gasteiger partial charge in [-0.2, -0.15) is 0 Å². The van der Waals surface area contributed by atoms with Crippen LogP contribution in [-0.4, -0.2) is 34.6 Å². The third kappa shape index (κ3) is 4.33. The number of hydrogen-bond donors (Lipinski definition) is 1. The summed E-state index contributed by atoms with van der Waals surface area (Å²) in [4.78, 5) is 27.8. The van der Waals surface area contributed by atoms with Crippen LogP contribution in [0.25, 0.3) is 0 Å². The Balaban J connectivity index is 1.98. The number of benzene rings is 2. The van der Waals surface area contributed by atoms with Crippen molar-refractivity contribution >= 4 is 35.2 Å². The lowest BCUT2D eigenvalue weighted by atomic mass is 10.1. The van der Waals surface area contributed by atoms with E-state index in [2.05, 4.69) is 5.32 Å². The lowest BCUT2D eigenvalue weighted by molar-refractivity contribution is -0.125. The summed E-state index contributed by atoms with van der Waals surface area (Å²) in [5.74, 6) is -0.495. The summed E-state index contributed by atoms with van der Waals surface area (Å²) in [6.45, 7) is 3.90. The van der Waals surface area contributed by atoms with Crippen molar-refractivity contribution < 1.29 is 14.0 Å². The van der Waals surface area contributed by atoms with E-state index in [0.29, 0.717) is 21.9 Å². The molecule has 148 valence electrons. The summed E-state index contributed by atoms with van der Waals surface area (Å²) in [6.07, 6.45) is 0.789. The van der Waals surface area contributed by atoms with Gasteiger partial charge < -0.3 is 10.2 Å². The van der Waals surface area contributed by atoms with Crippen LogP contribution in [-0.2, 0) is 4.79 Å². The molecule has 1 aliphatic rings. The van der Waals surface area contributed by atoms with E-state index in [1.54, 1.807) is 36.4 Å². The number of hydrogen-bond acceptors (Lipinski definition) is 3. The molecule has 3 atom stereocenters. The van der Waals surface area contributed by atoms with Crippen molar-refractivity contribution in [2.24, 2.45) is 0 Å². The predicted molar refractivity (Wildman–Crippen MR) is 111 cm³/mol. The SMILES string of the molecule is CC[C@@H](C)NC(=O)[C@@H]1CS[C@H](c2cccc(F)c2)N1C(=O)c1ccccc1Cl. The molecule has 0 radical (unpaired) electrons. The van der Waals surface area contributed by atoms with Gasteiger partial charge in [0.2, 0.25) is 5.91 Å². The van der Waals surface area contributed by atoms with Gasteiger partial charge >= 0.3 is 0 Å². The standard InChI is InChI=1S/C21H22ClFN2O2S/c1-3-13(2)24-19(26)18-12-28-21(14-7-6-8-15(23)11-14)25(18)20(27)16-9-4-5-10-17(16)22/h4-11,13,18,21H,3,12H2,1-2H3,(H,24,26)/t13-,18+,21-/m1/s1. The Morgan fingerprint density at radius 1 is 1.29 bits per heavy atom. The normalized spacial score (nSPS) is 20.1. The number of rotatable bonds is 5. The molecule has 3 rings (SSSR count). The Morgan fingerprint density at radius 2 is 2.04 bits per heavy atom. The number of amides is 2. The van der Waals surface area contributed by atoms with Crippen LogP contribution in [0.1, 0.15) is 41.6 Å². The summed E-state index contributed by atoms with van der Waals surface area (Å²) in [6, 6.07) is 12.2. The summed E-state index contributed by atoms with van der Waals surface area (Å²) in [5, 5.41) is 2.81. The fourth-order valence-electron chi connectivity index (χ4n) is 3.09. The van der Waals surface area contributed by atoms with Crippen LogP contribution in [0, 0.1) is 5.82 Å². The highest BCUT2D eigenvalue weighted by Crippen LogP contribution is 2.43. The van der Waals surface area contributed by atoms with Crippen LogP contribution in [0.2, 0.25) is 5.02 Å². The van der Waals surface area contributed by atoms with Crippen molar-refractivity contribution in [1.82, 2.24) is 10.2 Å². The number of carbonyl (C=O) groups is 2. The van der Waals surface area contributed by atoms with E-state index in [1.165, 1.54) is 28.8 Å². The summed E-state index contributed by atoms with van der Waals surface area (Å²) < 4.78 is 13.8. The van der Waals surface area contributed by atoms with Crippen molar-refractivity contribution in [3.8, 4) is 0 Å². The van der Waals surface area contributed by atoms with Gasteiger partial charge in [-0.3, -0.25) is 9.59 Å². The van der Waals surface area contributed by atoms with Crippen LogP contribution >= 0.6 is 23.4 Å². The van der Waals surface area contributed by atoms with Crippen molar-refractivity contribution in [2.75, 3.05) is 5.75 Å². The molecule has 0 bridgehead atoms. The van der Waals surface area contributed by atoms with Gasteiger partial charge in [-0.05, 0) is 43.2 Å². The molecule has 4 nitrogen and oxygen atoms in total. The van der Waals surface area contributed by atoms with Gasteiger partial charge in [-0.15, -0.1) is 11.8 Å². The van der Waals surface area contributed by atoms with Crippen LogP contribution < -0.4 is 5.32 Å². The lowest BCUT2D eigenvalue weighted by Gasteiger charge is -2.30. The second kappa shape index (κ2) is 8.97. The number of carbonyl (C=O) groups excluding carboxylic acids is 2. The molecule has 1 aliphatic heterocycles. The van der Waals surface area contributed by atoms with Gasteiger partial charge in [0, 0.05) is 11.8 Å². The first-order chi connectivity index (χ1) is 13.4. The Labute approximate surface area is 173 Å². The molecule has 0 saturated carbocycles. The minimum atomic E-state index is -0.656. The third-order valence-electron chi connectivity index (χ3n) is 4.78. The van der Waals surface area contributed by atoms with E-state index in [-0.39, 0.29) is 23.7 Å². The number of nitrogens with zero attached hydrogens (tertiary/aromatic N) is 1. The molecule has 1 heterocycles. The smallest absolute Gasteiger partial charge is 0.257 e. The van der Waals surface area contributed by atoms with Crippen LogP contribution in [0.4, 0.5) is 4.39 Å². The first-order valence-corrected chi connectivity index (χ1v) is 10.6. The van der Waals surface area contributed by atoms with E-state index in [0.717, 1.165) is 6.42 Å². The topological polar surface area (TPSA) is 49.4 Å². The van der Waals surface area contributed by atoms with E-state index in [9.17, 15) is 14.0 Å². The first kappa shape index (κ1) is 20.7. The number of thioether (sulfide) groups is 1.